The van der Waals surface area contributed by atoms with E-state index in [1.807, 2.05) is 30.3 Å². The molecule has 0 spiro atoms. The quantitative estimate of drug-likeness (QED) is 0.323. The van der Waals surface area contributed by atoms with Gasteiger partial charge in [0.2, 0.25) is 0 Å². The lowest BCUT2D eigenvalue weighted by atomic mass is 10.1. The van der Waals surface area contributed by atoms with E-state index in [-0.39, 0.29) is 16.2 Å². The van der Waals surface area contributed by atoms with E-state index >= 15 is 0 Å². The number of para-hydroxylation sites is 1. The molecule has 1 heterocycles. The number of halogens is 2. The Hall–Kier alpha value is -2.90. The highest BCUT2D eigenvalue weighted by Crippen LogP contribution is 2.26. The minimum Gasteiger partial charge on any atom is -0.481 e. The van der Waals surface area contributed by atoms with Crippen LogP contribution in [-0.2, 0) is 4.79 Å². The number of hydrogen-bond acceptors (Lipinski definition) is 4. The lowest BCUT2D eigenvalue weighted by Crippen LogP contribution is -2.00. The zero-order valence-corrected chi connectivity index (χ0v) is 16.9. The van der Waals surface area contributed by atoms with Gasteiger partial charge < -0.3 is 5.11 Å². The Morgan fingerprint density at radius 3 is 2.62 bits per heavy atom. The van der Waals surface area contributed by atoms with Crippen molar-refractivity contribution in [3.8, 4) is 5.69 Å². The summed E-state index contributed by atoms with van der Waals surface area (Å²) in [6.07, 6.45) is 2.86. The Labute approximate surface area is 175 Å². The third-order valence-electron chi connectivity index (χ3n) is 4.02. The van der Waals surface area contributed by atoms with Gasteiger partial charge >= 0.3 is 5.97 Å². The maximum Gasteiger partial charge on any atom is 0.313 e. The van der Waals surface area contributed by atoms with Crippen LogP contribution in [0.4, 0.5) is 4.39 Å². The Morgan fingerprint density at radius 2 is 1.97 bits per heavy atom. The number of hydrogen-bond donors (Lipinski definition) is 1. The molecular weight excluding hydrogens is 415 g/mol. The van der Waals surface area contributed by atoms with Gasteiger partial charge in [-0.3, -0.25) is 9.59 Å². The topological polar surface area (TPSA) is 72.2 Å². The number of aryl methyl sites for hydroxylation is 1. The van der Waals surface area contributed by atoms with Crippen LogP contribution in [0, 0.1) is 12.7 Å². The lowest BCUT2D eigenvalue weighted by Gasteiger charge is -2.03. The molecule has 148 valence electrons. The van der Waals surface area contributed by atoms with Crippen molar-refractivity contribution in [1.82, 2.24) is 9.78 Å². The molecule has 0 radical (unpaired) electrons. The molecule has 0 bridgehead atoms. The smallest absolute Gasteiger partial charge is 0.313 e. The Bertz CT molecular complexity index is 1100. The third kappa shape index (κ3) is 4.93. The van der Waals surface area contributed by atoms with Gasteiger partial charge in [0, 0.05) is 16.0 Å². The van der Waals surface area contributed by atoms with Gasteiger partial charge in [-0.1, -0.05) is 29.8 Å². The average Bonchev–Trinajstić information content (AvgIpc) is 2.99. The van der Waals surface area contributed by atoms with Gasteiger partial charge in [-0.15, -0.1) is 11.8 Å². The fraction of sp³-hybridized carbons (Fsp3) is 0.0952. The number of carboxylic acid groups (broad SMARTS) is 1. The molecule has 0 aliphatic heterocycles. The summed E-state index contributed by atoms with van der Waals surface area (Å²) in [5.74, 6) is -2.34. The Balaban J connectivity index is 1.80. The van der Waals surface area contributed by atoms with E-state index in [1.165, 1.54) is 18.2 Å². The standard InChI is InChI=1S/C21H16ClFN2O3S/c1-13-16(21(22)25(24-13)15-5-3-2-4-6-15)8-9-18(26)14-7-10-19(17(23)11-14)29-12-20(27)28/h2-11H,12H2,1H3,(H,27,28)/b9-8+. The van der Waals surface area contributed by atoms with Crippen LogP contribution in [0.1, 0.15) is 21.6 Å². The van der Waals surface area contributed by atoms with Crippen LogP contribution in [-0.4, -0.2) is 32.4 Å². The van der Waals surface area contributed by atoms with E-state index in [0.29, 0.717) is 16.4 Å². The molecule has 8 heteroatoms. The summed E-state index contributed by atoms with van der Waals surface area (Å²) in [4.78, 5) is 23.2. The SMILES string of the molecule is Cc1nn(-c2ccccc2)c(Cl)c1/C=C/C(=O)c1ccc(SCC(=O)O)c(F)c1. The molecule has 5 nitrogen and oxygen atoms in total. The summed E-state index contributed by atoms with van der Waals surface area (Å²) in [5.41, 5.74) is 2.19. The Kier molecular flexibility index (Phi) is 6.51. The van der Waals surface area contributed by atoms with E-state index in [9.17, 15) is 14.0 Å². The largest absolute Gasteiger partial charge is 0.481 e. The summed E-state index contributed by atoms with van der Waals surface area (Å²) in [5, 5.41) is 13.4. The number of carbonyl (C=O) groups excluding carboxylic acids is 1. The van der Waals surface area contributed by atoms with E-state index in [1.54, 1.807) is 17.7 Å². The zero-order valence-electron chi connectivity index (χ0n) is 15.3. The van der Waals surface area contributed by atoms with Crippen molar-refractivity contribution in [2.24, 2.45) is 0 Å². The first-order valence-electron chi connectivity index (χ1n) is 8.54. The van der Waals surface area contributed by atoms with Crippen molar-refractivity contribution in [2.45, 2.75) is 11.8 Å². The summed E-state index contributed by atoms with van der Waals surface area (Å²) in [7, 11) is 0. The number of benzene rings is 2. The highest BCUT2D eigenvalue weighted by Gasteiger charge is 2.14. The molecule has 2 aromatic carbocycles. The number of nitrogens with zero attached hydrogens (tertiary/aromatic N) is 2. The van der Waals surface area contributed by atoms with Crippen LogP contribution in [0.3, 0.4) is 0 Å². The van der Waals surface area contributed by atoms with Gasteiger partial charge in [0.15, 0.2) is 5.78 Å². The van der Waals surface area contributed by atoms with Crippen molar-refractivity contribution in [3.05, 3.63) is 82.4 Å². The molecule has 0 saturated heterocycles. The molecule has 0 fully saturated rings. The number of thioether (sulfide) groups is 1. The molecule has 0 saturated carbocycles. The number of rotatable bonds is 7. The monoisotopic (exact) mass is 430 g/mol. The fourth-order valence-corrected chi connectivity index (χ4v) is 3.58. The first kappa shape index (κ1) is 20.8. The summed E-state index contributed by atoms with van der Waals surface area (Å²) in [6.45, 7) is 1.78. The van der Waals surface area contributed by atoms with E-state index in [0.717, 1.165) is 23.5 Å². The molecule has 0 aliphatic carbocycles. The summed E-state index contributed by atoms with van der Waals surface area (Å²) < 4.78 is 15.7. The number of allylic oxidation sites excluding steroid dienone is 1. The lowest BCUT2D eigenvalue weighted by molar-refractivity contribution is -0.133. The van der Waals surface area contributed by atoms with Crippen molar-refractivity contribution >= 4 is 41.2 Å². The van der Waals surface area contributed by atoms with Gasteiger partial charge in [0.05, 0.1) is 17.1 Å². The van der Waals surface area contributed by atoms with Crippen LogP contribution in [0.15, 0.2) is 59.5 Å². The minimum absolute atomic E-state index is 0.155. The number of carboxylic acids is 1. The maximum absolute atomic E-state index is 14.1. The van der Waals surface area contributed by atoms with Gasteiger partial charge in [0.1, 0.15) is 11.0 Å². The number of aromatic nitrogens is 2. The Morgan fingerprint density at radius 1 is 1.24 bits per heavy atom. The minimum atomic E-state index is -1.04. The molecule has 1 aromatic heterocycles. The van der Waals surface area contributed by atoms with Crippen LogP contribution in [0.2, 0.25) is 5.15 Å². The van der Waals surface area contributed by atoms with Gasteiger partial charge in [-0.05, 0) is 49.4 Å². The predicted octanol–water partition coefficient (Wildman–Crippen LogP) is 5.05. The molecule has 3 rings (SSSR count). The van der Waals surface area contributed by atoms with E-state index in [4.69, 9.17) is 16.7 Å². The number of aliphatic carboxylic acids is 1. The van der Waals surface area contributed by atoms with Crippen LogP contribution in [0.5, 0.6) is 0 Å². The fourth-order valence-electron chi connectivity index (χ4n) is 2.61. The molecule has 1 N–H and O–H groups in total. The van der Waals surface area contributed by atoms with Crippen molar-refractivity contribution in [3.63, 3.8) is 0 Å². The highest BCUT2D eigenvalue weighted by atomic mass is 35.5. The second-order valence-corrected chi connectivity index (χ2v) is 7.44. The van der Waals surface area contributed by atoms with Crippen LogP contribution in [0.25, 0.3) is 11.8 Å². The second-order valence-electron chi connectivity index (χ2n) is 6.06. The van der Waals surface area contributed by atoms with Gasteiger partial charge in [0.25, 0.3) is 0 Å². The summed E-state index contributed by atoms with van der Waals surface area (Å²) >= 11 is 7.29. The number of ketones is 1. The molecule has 0 amide bonds. The molecule has 0 unspecified atom stereocenters. The first-order chi connectivity index (χ1) is 13.9. The molecule has 3 aromatic rings. The third-order valence-corrected chi connectivity index (χ3v) is 5.41. The normalized spacial score (nSPS) is 11.1. The van der Waals surface area contributed by atoms with Crippen molar-refractivity contribution < 1.29 is 19.1 Å². The van der Waals surface area contributed by atoms with Crippen molar-refractivity contribution in [1.29, 1.82) is 0 Å². The molecule has 29 heavy (non-hydrogen) atoms. The van der Waals surface area contributed by atoms with Crippen LogP contribution >= 0.6 is 23.4 Å². The molecule has 0 aliphatic rings. The molecule has 0 atom stereocenters. The second kappa shape index (κ2) is 9.07. The maximum atomic E-state index is 14.1. The number of carbonyl (C=O) groups is 2. The average molecular weight is 431 g/mol. The van der Waals surface area contributed by atoms with Gasteiger partial charge in [-0.2, -0.15) is 5.10 Å². The molecular formula is C21H16ClFN2O3S. The predicted molar refractivity (Wildman–Crippen MR) is 111 cm³/mol. The first-order valence-corrected chi connectivity index (χ1v) is 9.90. The van der Waals surface area contributed by atoms with E-state index < -0.39 is 17.6 Å². The summed E-state index contributed by atoms with van der Waals surface area (Å²) in [6, 6.07) is 13.3. The van der Waals surface area contributed by atoms with Gasteiger partial charge in [-0.25, -0.2) is 9.07 Å². The van der Waals surface area contributed by atoms with Crippen molar-refractivity contribution in [2.75, 3.05) is 5.75 Å². The highest BCUT2D eigenvalue weighted by molar-refractivity contribution is 8.00. The van der Waals surface area contributed by atoms with Crippen LogP contribution < -0.4 is 0 Å². The zero-order chi connectivity index (χ0) is 21.0. The van der Waals surface area contributed by atoms with E-state index in [2.05, 4.69) is 5.10 Å².